The Hall–Kier alpha value is -2.40. The number of nitrogens with zero attached hydrogens (tertiary/aromatic N) is 1. The molecule has 0 fully saturated rings. The van der Waals surface area contributed by atoms with E-state index in [1.165, 1.54) is 4.88 Å². The van der Waals surface area contributed by atoms with Crippen LogP contribution < -0.4 is 0 Å². The zero-order valence-corrected chi connectivity index (χ0v) is 14.3. The number of para-hydroxylation sites is 1. The molecule has 1 N–H and O–H groups in total. The van der Waals surface area contributed by atoms with Crippen molar-refractivity contribution in [2.24, 2.45) is 4.99 Å². The van der Waals surface area contributed by atoms with Crippen LogP contribution in [0.4, 0.5) is 5.00 Å². The molecule has 0 unspecified atom stereocenters. The van der Waals surface area contributed by atoms with Crippen molar-refractivity contribution >= 4 is 39.4 Å². The lowest BCUT2D eigenvalue weighted by atomic mass is 10.1. The van der Waals surface area contributed by atoms with Crippen LogP contribution in [0.15, 0.2) is 35.5 Å². The second kappa shape index (κ2) is 6.24. The number of aliphatic imine (C=N–C) groups is 1. The van der Waals surface area contributed by atoms with Crippen molar-refractivity contribution in [3.63, 3.8) is 0 Å². The number of thiophene rings is 1. The van der Waals surface area contributed by atoms with Crippen molar-refractivity contribution in [1.82, 2.24) is 4.98 Å². The van der Waals surface area contributed by atoms with Gasteiger partial charge in [-0.15, -0.1) is 11.3 Å². The number of aromatic amines is 1. The fraction of sp³-hybridized carbons (Fsp3) is 0.263. The molecule has 0 radical (unpaired) electrons. The molecule has 1 aliphatic rings. The fourth-order valence-corrected chi connectivity index (χ4v) is 4.44. The summed E-state index contributed by atoms with van der Waals surface area (Å²) in [6, 6.07) is 8.12. The number of H-pyrrole nitrogens is 1. The molecule has 0 aliphatic heterocycles. The largest absolute Gasteiger partial charge is 0.462 e. The first-order chi connectivity index (χ1) is 11.8. The van der Waals surface area contributed by atoms with Crippen LogP contribution in [0.1, 0.15) is 39.7 Å². The van der Waals surface area contributed by atoms with Crippen molar-refractivity contribution in [2.75, 3.05) is 6.61 Å². The third-order valence-electron chi connectivity index (χ3n) is 4.32. The van der Waals surface area contributed by atoms with Crippen LogP contribution in [0.5, 0.6) is 0 Å². The molecule has 122 valence electrons. The van der Waals surface area contributed by atoms with Gasteiger partial charge in [-0.3, -0.25) is 0 Å². The van der Waals surface area contributed by atoms with E-state index in [2.05, 4.69) is 16.0 Å². The predicted molar refractivity (Wildman–Crippen MR) is 97.9 cm³/mol. The van der Waals surface area contributed by atoms with E-state index in [0.29, 0.717) is 12.2 Å². The molecule has 5 heteroatoms. The van der Waals surface area contributed by atoms with Gasteiger partial charge < -0.3 is 9.72 Å². The van der Waals surface area contributed by atoms with Gasteiger partial charge in [0.2, 0.25) is 0 Å². The Balaban J connectivity index is 1.73. The molecule has 0 saturated heterocycles. The molecule has 4 rings (SSSR count). The lowest BCUT2D eigenvalue weighted by molar-refractivity contribution is 0.0527. The fourth-order valence-electron chi connectivity index (χ4n) is 3.22. The molecular weight excluding hydrogens is 320 g/mol. The Kier molecular flexibility index (Phi) is 3.94. The Morgan fingerprint density at radius 1 is 1.38 bits per heavy atom. The summed E-state index contributed by atoms with van der Waals surface area (Å²) in [5.74, 6) is -0.247. The number of rotatable bonds is 4. The Labute approximate surface area is 144 Å². The third-order valence-corrected chi connectivity index (χ3v) is 5.52. The van der Waals surface area contributed by atoms with E-state index in [-0.39, 0.29) is 5.97 Å². The van der Waals surface area contributed by atoms with E-state index in [4.69, 9.17) is 4.74 Å². The number of fused-ring (bicyclic) bond motifs is 2. The van der Waals surface area contributed by atoms with Crippen LogP contribution in [0.3, 0.4) is 0 Å². The molecule has 2 heterocycles. The number of benzene rings is 1. The van der Waals surface area contributed by atoms with Crippen LogP contribution in [0.2, 0.25) is 0 Å². The first kappa shape index (κ1) is 15.1. The number of hydrogen-bond acceptors (Lipinski definition) is 4. The van der Waals surface area contributed by atoms with Gasteiger partial charge in [0.1, 0.15) is 5.00 Å². The van der Waals surface area contributed by atoms with Gasteiger partial charge in [-0.2, -0.15) is 0 Å². The number of hydrogen-bond donors (Lipinski definition) is 1. The number of aryl methyl sites for hydroxylation is 1. The topological polar surface area (TPSA) is 54.4 Å². The van der Waals surface area contributed by atoms with E-state index >= 15 is 0 Å². The summed E-state index contributed by atoms with van der Waals surface area (Å²) in [6.07, 6.45) is 6.87. The zero-order chi connectivity index (χ0) is 16.5. The highest BCUT2D eigenvalue weighted by Gasteiger charge is 2.27. The van der Waals surface area contributed by atoms with Gasteiger partial charge in [0.15, 0.2) is 0 Å². The van der Waals surface area contributed by atoms with Gasteiger partial charge in [-0.25, -0.2) is 9.79 Å². The second-order valence-electron chi connectivity index (χ2n) is 5.81. The summed E-state index contributed by atoms with van der Waals surface area (Å²) in [5.41, 5.74) is 3.92. The standard InChI is InChI=1S/C19H18N2O2S/c1-2-23-19(22)17-14-7-5-9-16(14)24-18(17)21-11-12-10-20-15-8-4-3-6-13(12)15/h3-4,6,8,10-11,20H,2,5,7,9H2,1H3. The Bertz CT molecular complexity index is 936. The molecule has 2 aromatic heterocycles. The summed E-state index contributed by atoms with van der Waals surface area (Å²) in [7, 11) is 0. The van der Waals surface area contributed by atoms with E-state index < -0.39 is 0 Å². The normalized spacial score (nSPS) is 13.7. The smallest absolute Gasteiger partial charge is 0.341 e. The highest BCUT2D eigenvalue weighted by atomic mass is 32.1. The number of carbonyl (C=O) groups excluding carboxylic acids is 1. The van der Waals surface area contributed by atoms with Crippen molar-refractivity contribution in [3.05, 3.63) is 52.0 Å². The summed E-state index contributed by atoms with van der Waals surface area (Å²) in [5, 5.41) is 1.89. The average molecular weight is 338 g/mol. The maximum atomic E-state index is 12.4. The van der Waals surface area contributed by atoms with Crippen molar-refractivity contribution in [3.8, 4) is 0 Å². The summed E-state index contributed by atoms with van der Waals surface area (Å²) >= 11 is 1.62. The van der Waals surface area contributed by atoms with E-state index in [1.54, 1.807) is 11.3 Å². The minimum absolute atomic E-state index is 0.247. The highest BCUT2D eigenvalue weighted by Crippen LogP contribution is 2.41. The first-order valence-corrected chi connectivity index (χ1v) is 9.01. The van der Waals surface area contributed by atoms with Gasteiger partial charge in [0.25, 0.3) is 0 Å². The maximum absolute atomic E-state index is 12.4. The van der Waals surface area contributed by atoms with Gasteiger partial charge in [-0.1, -0.05) is 18.2 Å². The molecular formula is C19H18N2O2S. The van der Waals surface area contributed by atoms with Gasteiger partial charge in [-0.05, 0) is 37.8 Å². The number of nitrogens with one attached hydrogen (secondary N) is 1. The molecule has 1 aliphatic carbocycles. The lowest BCUT2D eigenvalue weighted by Gasteiger charge is -2.03. The number of esters is 1. The molecule has 24 heavy (non-hydrogen) atoms. The van der Waals surface area contributed by atoms with Crippen molar-refractivity contribution in [1.29, 1.82) is 0 Å². The zero-order valence-electron chi connectivity index (χ0n) is 13.5. The molecule has 0 spiro atoms. The van der Waals surface area contributed by atoms with Crippen LogP contribution in [-0.2, 0) is 17.6 Å². The molecule has 0 saturated carbocycles. The molecule has 0 atom stereocenters. The quantitative estimate of drug-likeness (QED) is 0.556. The highest BCUT2D eigenvalue weighted by molar-refractivity contribution is 7.16. The Morgan fingerprint density at radius 3 is 3.12 bits per heavy atom. The van der Waals surface area contributed by atoms with Crippen molar-refractivity contribution < 1.29 is 9.53 Å². The summed E-state index contributed by atoms with van der Waals surface area (Å²) in [4.78, 5) is 21.5. The number of carbonyl (C=O) groups is 1. The second-order valence-corrected chi connectivity index (χ2v) is 6.89. The van der Waals surface area contributed by atoms with Gasteiger partial charge in [0, 0.05) is 33.8 Å². The maximum Gasteiger partial charge on any atom is 0.341 e. The lowest BCUT2D eigenvalue weighted by Crippen LogP contribution is -2.06. The summed E-state index contributed by atoms with van der Waals surface area (Å²) in [6.45, 7) is 2.22. The molecule has 3 aromatic rings. The number of ether oxygens (including phenoxy) is 1. The first-order valence-electron chi connectivity index (χ1n) is 8.19. The molecule has 0 amide bonds. The monoisotopic (exact) mass is 338 g/mol. The van der Waals surface area contributed by atoms with E-state index in [9.17, 15) is 4.79 Å². The minimum atomic E-state index is -0.247. The molecule has 0 bridgehead atoms. The van der Waals surface area contributed by atoms with Crippen LogP contribution in [0, 0.1) is 0 Å². The third kappa shape index (κ3) is 2.55. The summed E-state index contributed by atoms with van der Waals surface area (Å²) < 4.78 is 5.25. The number of aromatic nitrogens is 1. The SMILES string of the molecule is CCOC(=O)c1c(N=Cc2c[nH]c3ccccc23)sc2c1CCC2. The van der Waals surface area contributed by atoms with Crippen LogP contribution in [-0.4, -0.2) is 23.8 Å². The average Bonchev–Trinajstić information content (AvgIpc) is 3.26. The van der Waals surface area contributed by atoms with Crippen molar-refractivity contribution in [2.45, 2.75) is 26.2 Å². The van der Waals surface area contributed by atoms with E-state index in [1.807, 2.05) is 37.5 Å². The Morgan fingerprint density at radius 2 is 2.25 bits per heavy atom. The van der Waals surface area contributed by atoms with Crippen LogP contribution >= 0.6 is 11.3 Å². The van der Waals surface area contributed by atoms with Gasteiger partial charge >= 0.3 is 5.97 Å². The van der Waals surface area contributed by atoms with Gasteiger partial charge in [0.05, 0.1) is 12.2 Å². The predicted octanol–water partition coefficient (Wildman–Crippen LogP) is 4.65. The molecule has 4 nitrogen and oxygen atoms in total. The van der Waals surface area contributed by atoms with Crippen LogP contribution in [0.25, 0.3) is 10.9 Å². The minimum Gasteiger partial charge on any atom is -0.462 e. The van der Waals surface area contributed by atoms with E-state index in [0.717, 1.165) is 46.3 Å². The molecule has 1 aromatic carbocycles.